The molecule has 0 saturated carbocycles. The number of carbonyl (C=O) groups is 4. The third-order valence-electron chi connectivity index (χ3n) is 5.30. The minimum Gasteiger partial charge on any atom is -0.466 e. The molecule has 0 aromatic heterocycles. The average Bonchev–Trinajstić information content (AvgIpc) is 3.37. The number of rotatable bonds is 7. The van der Waals surface area contributed by atoms with Crippen LogP contribution in [0, 0.1) is 0 Å². The molecule has 0 aromatic carbocycles. The van der Waals surface area contributed by atoms with Crippen molar-refractivity contribution in [2.45, 2.75) is 89.5 Å². The lowest BCUT2D eigenvalue weighted by Gasteiger charge is -2.31. The summed E-state index contributed by atoms with van der Waals surface area (Å²) < 4.78 is 35.3. The van der Waals surface area contributed by atoms with Gasteiger partial charge in [-0.1, -0.05) is 12.2 Å². The van der Waals surface area contributed by atoms with Crippen molar-refractivity contribution in [2.24, 2.45) is 0 Å². The van der Waals surface area contributed by atoms with Crippen molar-refractivity contribution >= 4 is 57.5 Å². The van der Waals surface area contributed by atoms with Crippen LogP contribution >= 0.6 is 23.5 Å². The molecule has 2 fully saturated rings. The first-order chi connectivity index (χ1) is 19.9. The van der Waals surface area contributed by atoms with Gasteiger partial charge in [-0.15, -0.1) is 36.7 Å². The highest BCUT2D eigenvalue weighted by Gasteiger charge is 2.49. The van der Waals surface area contributed by atoms with Crippen LogP contribution in [0.25, 0.3) is 0 Å². The van der Waals surface area contributed by atoms with Gasteiger partial charge in [0.2, 0.25) is 11.8 Å². The number of hydrogen-bond donors (Lipinski definition) is 4. The zero-order chi connectivity index (χ0) is 34.9. The Hall–Kier alpha value is -2.27. The summed E-state index contributed by atoms with van der Waals surface area (Å²) in [4.78, 5) is 47.4. The predicted molar refractivity (Wildman–Crippen MR) is 178 cm³/mol. The van der Waals surface area contributed by atoms with E-state index in [-0.39, 0.29) is 33.3 Å². The van der Waals surface area contributed by atoms with E-state index in [2.05, 4.69) is 47.7 Å². The van der Waals surface area contributed by atoms with E-state index in [1.54, 1.807) is 42.6 Å². The monoisotopic (exact) mass is 684 g/mol. The first-order valence-corrected chi connectivity index (χ1v) is 17.6. The second-order valence-electron chi connectivity index (χ2n) is 11.5. The quantitative estimate of drug-likeness (QED) is 0.175. The summed E-state index contributed by atoms with van der Waals surface area (Å²) in [5, 5.41) is 8.73. The second kappa shape index (κ2) is 20.0. The van der Waals surface area contributed by atoms with E-state index in [0.717, 1.165) is 5.88 Å². The molecule has 2 aliphatic rings. The van der Waals surface area contributed by atoms with Gasteiger partial charge < -0.3 is 20.1 Å². The van der Waals surface area contributed by atoms with Crippen LogP contribution in [0.2, 0.25) is 0 Å². The molecule has 2 heterocycles. The number of ether oxygens (including phenoxy) is 2. The van der Waals surface area contributed by atoms with Gasteiger partial charge >= 0.3 is 12.1 Å². The third kappa shape index (κ3) is 19.9. The highest BCUT2D eigenvalue weighted by Crippen LogP contribution is 2.40. The lowest BCUT2D eigenvalue weighted by Crippen LogP contribution is -2.54. The summed E-state index contributed by atoms with van der Waals surface area (Å²) in [6.07, 6.45) is 3.57. The summed E-state index contributed by atoms with van der Waals surface area (Å²) in [5.74, 6) is 0.978. The Labute approximate surface area is 271 Å². The molecule has 0 aliphatic carbocycles. The Balaban J connectivity index is 0. The summed E-state index contributed by atoms with van der Waals surface area (Å²) in [5.41, 5.74) is -0.573. The SMILES string of the molecule is C=CCNC(=O)C1N(C(=O)OC(C)(C)C)CSC1(C)C.C=CCNC(=O)C1NCSC1(C)C.CCOC(C)=O.CS(=O)(=O)O. The van der Waals surface area contributed by atoms with E-state index in [1.807, 2.05) is 34.6 Å². The maximum absolute atomic E-state index is 12.3. The highest BCUT2D eigenvalue weighted by molar-refractivity contribution is 8.01. The Morgan fingerprint density at radius 2 is 1.50 bits per heavy atom. The smallest absolute Gasteiger partial charge is 0.411 e. The number of nitrogens with zero attached hydrogens (tertiary/aromatic N) is 1. The number of carbonyl (C=O) groups excluding carboxylic acids is 4. The van der Waals surface area contributed by atoms with Crippen LogP contribution in [0.15, 0.2) is 25.3 Å². The van der Waals surface area contributed by atoms with E-state index >= 15 is 0 Å². The van der Waals surface area contributed by atoms with Gasteiger partial charge in [-0.3, -0.25) is 29.2 Å². The molecule has 4 N–H and O–H groups in total. The van der Waals surface area contributed by atoms with Crippen LogP contribution in [0.5, 0.6) is 0 Å². The molecule has 0 radical (unpaired) electrons. The number of esters is 1. The standard InChI is InChI=1S/C14H24N2O3S.C9H16N2OS.C4H8O2.CH4O3S/c1-7-8-15-11(17)10-14(5,6)20-9-16(10)12(18)19-13(2,3)4;1-4-5-10-8(12)7-9(2,3)13-6-11-7;1-3-6-4(2)5;1-5(2,3)4/h7,10H,1,8-9H2,2-6H3,(H,15,17);4,7,11H,1,5-6H2,2-3H3,(H,10,12);3H2,1-2H3;1H3,(H,2,3,4). The van der Waals surface area contributed by atoms with Gasteiger partial charge in [0.05, 0.1) is 18.7 Å². The fraction of sp³-hybridized carbons (Fsp3) is 0.714. The number of hydrogen-bond acceptors (Lipinski definition) is 11. The zero-order valence-corrected chi connectivity index (χ0v) is 30.1. The molecule has 0 aromatic rings. The molecule has 44 heavy (non-hydrogen) atoms. The van der Waals surface area contributed by atoms with Crippen LogP contribution in [-0.4, -0.2) is 107 Å². The zero-order valence-electron chi connectivity index (χ0n) is 27.6. The molecule has 2 unspecified atom stereocenters. The Morgan fingerprint density at radius 1 is 1.02 bits per heavy atom. The van der Waals surface area contributed by atoms with E-state index in [1.165, 1.54) is 11.8 Å². The molecule has 16 heteroatoms. The summed E-state index contributed by atoms with van der Waals surface area (Å²) in [6.45, 7) is 25.2. The minimum absolute atomic E-state index is 0.00868. The van der Waals surface area contributed by atoms with Crippen LogP contribution in [0.4, 0.5) is 4.79 Å². The van der Waals surface area contributed by atoms with Gasteiger partial charge in [0, 0.05) is 35.4 Å². The van der Waals surface area contributed by atoms with Gasteiger partial charge in [-0.25, -0.2) is 4.79 Å². The van der Waals surface area contributed by atoms with Crippen molar-refractivity contribution in [1.82, 2.24) is 20.9 Å². The first kappa shape index (κ1) is 43.9. The molecule has 13 nitrogen and oxygen atoms in total. The van der Waals surface area contributed by atoms with Crippen molar-refractivity contribution in [1.29, 1.82) is 0 Å². The molecule has 2 aliphatic heterocycles. The second-order valence-corrected chi connectivity index (χ2v) is 16.2. The number of thioether (sulfide) groups is 2. The van der Waals surface area contributed by atoms with Crippen LogP contribution < -0.4 is 16.0 Å². The maximum atomic E-state index is 12.3. The van der Waals surface area contributed by atoms with E-state index < -0.39 is 27.9 Å². The molecule has 256 valence electrons. The lowest BCUT2D eigenvalue weighted by atomic mass is 10.0. The van der Waals surface area contributed by atoms with Crippen molar-refractivity contribution in [3.05, 3.63) is 25.3 Å². The van der Waals surface area contributed by atoms with Gasteiger partial charge in [0.1, 0.15) is 17.7 Å². The highest BCUT2D eigenvalue weighted by atomic mass is 32.2. The van der Waals surface area contributed by atoms with Crippen LogP contribution in [0.1, 0.15) is 62.3 Å². The summed E-state index contributed by atoms with van der Waals surface area (Å²) in [6, 6.07) is -0.625. The van der Waals surface area contributed by atoms with E-state index in [4.69, 9.17) is 9.29 Å². The third-order valence-corrected chi connectivity index (χ3v) is 7.97. The van der Waals surface area contributed by atoms with Gasteiger partial charge in [0.15, 0.2) is 0 Å². The van der Waals surface area contributed by atoms with Crippen molar-refractivity contribution < 1.29 is 41.6 Å². The Morgan fingerprint density at radius 3 is 1.84 bits per heavy atom. The van der Waals surface area contributed by atoms with E-state index in [9.17, 15) is 27.6 Å². The first-order valence-electron chi connectivity index (χ1n) is 13.8. The van der Waals surface area contributed by atoms with Gasteiger partial charge in [-0.2, -0.15) is 8.42 Å². The van der Waals surface area contributed by atoms with Crippen molar-refractivity contribution in [3.63, 3.8) is 0 Å². The summed E-state index contributed by atoms with van der Waals surface area (Å²) >= 11 is 3.34. The molecule has 3 amide bonds. The molecule has 0 spiro atoms. The minimum atomic E-state index is -3.67. The molecular weight excluding hydrogens is 633 g/mol. The fourth-order valence-corrected chi connectivity index (χ4v) is 5.59. The Bertz CT molecular complexity index is 1070. The maximum Gasteiger partial charge on any atom is 0.411 e. The molecular formula is C28H52N4O9S3. The van der Waals surface area contributed by atoms with Crippen LogP contribution in [-0.2, 0) is 34.0 Å². The van der Waals surface area contributed by atoms with E-state index in [0.29, 0.717) is 31.8 Å². The fourth-order valence-electron chi connectivity index (χ4n) is 3.50. The van der Waals surface area contributed by atoms with Crippen molar-refractivity contribution in [2.75, 3.05) is 37.7 Å². The van der Waals surface area contributed by atoms with Crippen LogP contribution in [0.3, 0.4) is 0 Å². The number of amides is 3. The lowest BCUT2D eigenvalue weighted by molar-refractivity contribution is -0.140. The molecule has 0 bridgehead atoms. The topological polar surface area (TPSA) is 180 Å². The summed E-state index contributed by atoms with van der Waals surface area (Å²) in [7, 11) is -3.67. The Kier molecular flexibility index (Phi) is 19.9. The average molecular weight is 685 g/mol. The largest absolute Gasteiger partial charge is 0.466 e. The normalized spacial score (nSPS) is 19.7. The molecule has 2 atom stereocenters. The number of nitrogens with one attached hydrogen (secondary N) is 3. The molecule has 2 rings (SSSR count). The predicted octanol–water partition coefficient (Wildman–Crippen LogP) is 3.18. The van der Waals surface area contributed by atoms with Crippen molar-refractivity contribution in [3.8, 4) is 0 Å². The van der Waals surface area contributed by atoms with Gasteiger partial charge in [0.25, 0.3) is 10.1 Å². The molecule has 2 saturated heterocycles. The van der Waals surface area contributed by atoms with Gasteiger partial charge in [-0.05, 0) is 55.4 Å².